The lowest BCUT2D eigenvalue weighted by Crippen LogP contribution is -2.44. The summed E-state index contributed by atoms with van der Waals surface area (Å²) in [4.78, 5) is 55.9. The molecule has 2 aliphatic heterocycles. The molecule has 2 N–H and O–H groups in total. The second-order valence-corrected chi connectivity index (χ2v) is 15.2. The number of amides is 3. The Morgan fingerprint density at radius 3 is 2.44 bits per heavy atom. The molecule has 0 radical (unpaired) electrons. The van der Waals surface area contributed by atoms with E-state index in [2.05, 4.69) is 25.6 Å². The van der Waals surface area contributed by atoms with Gasteiger partial charge in [-0.1, -0.05) is 18.2 Å². The van der Waals surface area contributed by atoms with Crippen molar-refractivity contribution in [1.29, 1.82) is 0 Å². The van der Waals surface area contributed by atoms with Gasteiger partial charge in [0.05, 0.1) is 28.9 Å². The maximum atomic E-state index is 13.9. The molecule has 2 saturated heterocycles. The van der Waals surface area contributed by atoms with Crippen LogP contribution in [-0.4, -0.2) is 78.9 Å². The number of hydrogen-bond acceptors (Lipinski definition) is 8. The minimum Gasteiger partial charge on any atom is -0.378 e. The van der Waals surface area contributed by atoms with Crippen molar-refractivity contribution in [2.24, 2.45) is 13.0 Å². The lowest BCUT2D eigenvalue weighted by atomic mass is 9.85. The molecule has 1 saturated carbocycles. The molecule has 4 aromatic rings. The van der Waals surface area contributed by atoms with E-state index in [0.29, 0.717) is 37.3 Å². The largest absolute Gasteiger partial charge is 0.433 e. The topological polar surface area (TPSA) is 145 Å². The molecule has 1 unspecified atom stereocenters. The van der Waals surface area contributed by atoms with Crippen molar-refractivity contribution >= 4 is 34.4 Å². The van der Waals surface area contributed by atoms with Crippen molar-refractivity contribution in [3.8, 4) is 0 Å². The molecule has 7 rings (SSSR count). The number of carbonyl (C=O) groups excluding carboxylic acids is 3. The fraction of sp³-hybridized carbons (Fsp3) is 0.538. The summed E-state index contributed by atoms with van der Waals surface area (Å²) in [6, 6.07) is 7.65. The molecule has 3 amide bonds. The third-order valence-electron chi connectivity index (χ3n) is 11.4. The van der Waals surface area contributed by atoms with E-state index in [9.17, 15) is 41.1 Å². The predicted molar refractivity (Wildman–Crippen MR) is 198 cm³/mol. The van der Waals surface area contributed by atoms with Gasteiger partial charge >= 0.3 is 11.9 Å². The molecule has 1 aromatic carbocycles. The number of piperidine rings is 2. The summed E-state index contributed by atoms with van der Waals surface area (Å²) < 4.78 is 77.8. The Balaban J connectivity index is 0.850. The fourth-order valence-electron chi connectivity index (χ4n) is 8.43. The van der Waals surface area contributed by atoms with Crippen LogP contribution in [0.15, 0.2) is 47.4 Å². The van der Waals surface area contributed by atoms with E-state index in [0.717, 1.165) is 81.0 Å². The third-order valence-corrected chi connectivity index (χ3v) is 11.4. The lowest BCUT2D eigenvalue weighted by molar-refractivity contribution is -0.141. The molecule has 3 fully saturated rings. The minimum absolute atomic E-state index is 0.147. The standard InChI is InChI=1S/C39H45F5N8O5/c1-49-34-24(5-2-8-29(34)52(38(49)56)30-14-15-32(53)47-37(30)55)6-4-20-57-26-16-18-50(19-17-26)21-23-10-12-25(13-11-23)51-22-28(33(48-51)35(40)41)46-36(54)27-7-3-9-31(45-27)39(42,43)44/h2-3,5,7-9,22-23,25-26,30,35H,4,6,10-21H2,1H3,(H,46,54)(H,47,53,55)/t23-,25-,30?. The van der Waals surface area contributed by atoms with Crippen LogP contribution in [0.4, 0.5) is 27.6 Å². The molecule has 3 aromatic heterocycles. The summed E-state index contributed by atoms with van der Waals surface area (Å²) in [6.07, 6.45) is 0.601. The van der Waals surface area contributed by atoms with Gasteiger partial charge in [-0.05, 0) is 87.5 Å². The molecular weight excluding hydrogens is 755 g/mol. The second-order valence-electron chi connectivity index (χ2n) is 15.2. The first-order valence-electron chi connectivity index (χ1n) is 19.4. The first kappa shape index (κ1) is 40.2. The van der Waals surface area contributed by atoms with E-state index >= 15 is 0 Å². The summed E-state index contributed by atoms with van der Waals surface area (Å²) in [5.74, 6) is -1.40. The van der Waals surface area contributed by atoms with Crippen LogP contribution in [0.5, 0.6) is 0 Å². The van der Waals surface area contributed by atoms with Crippen molar-refractivity contribution < 1.29 is 41.1 Å². The Bertz CT molecular complexity index is 2170. The zero-order valence-electron chi connectivity index (χ0n) is 31.4. The van der Waals surface area contributed by atoms with E-state index in [-0.39, 0.29) is 42.3 Å². The van der Waals surface area contributed by atoms with Crippen LogP contribution in [0.2, 0.25) is 0 Å². The van der Waals surface area contributed by atoms with Gasteiger partial charge in [0.2, 0.25) is 11.8 Å². The van der Waals surface area contributed by atoms with Gasteiger partial charge in [-0.2, -0.15) is 18.3 Å². The number of aryl methyl sites for hydroxylation is 2. The number of aromatic nitrogens is 5. The third kappa shape index (κ3) is 8.96. The maximum Gasteiger partial charge on any atom is 0.433 e. The monoisotopic (exact) mass is 800 g/mol. The molecule has 5 heterocycles. The first-order valence-corrected chi connectivity index (χ1v) is 19.4. The van der Waals surface area contributed by atoms with Gasteiger partial charge < -0.3 is 15.0 Å². The number of benzene rings is 1. The van der Waals surface area contributed by atoms with Gasteiger partial charge in [0.15, 0.2) is 5.69 Å². The van der Waals surface area contributed by atoms with Crippen molar-refractivity contribution in [3.63, 3.8) is 0 Å². The Kier molecular flexibility index (Phi) is 11.9. The predicted octanol–water partition coefficient (Wildman–Crippen LogP) is 5.96. The van der Waals surface area contributed by atoms with Crippen LogP contribution in [0, 0.1) is 5.92 Å². The Morgan fingerprint density at radius 1 is 1.00 bits per heavy atom. The quantitative estimate of drug-likeness (QED) is 0.102. The number of imidazole rings is 1. The van der Waals surface area contributed by atoms with Gasteiger partial charge in [0.1, 0.15) is 17.4 Å². The van der Waals surface area contributed by atoms with Crippen LogP contribution in [0.25, 0.3) is 11.0 Å². The number of anilines is 1. The molecule has 0 spiro atoms. The number of para-hydroxylation sites is 1. The van der Waals surface area contributed by atoms with E-state index in [4.69, 9.17) is 4.74 Å². The van der Waals surface area contributed by atoms with Crippen molar-refractivity contribution in [2.45, 2.75) is 95.0 Å². The molecule has 18 heteroatoms. The van der Waals surface area contributed by atoms with Crippen LogP contribution >= 0.6 is 0 Å². The van der Waals surface area contributed by atoms with Gasteiger partial charge in [-0.15, -0.1) is 0 Å². The lowest BCUT2D eigenvalue weighted by Gasteiger charge is -2.36. The molecular formula is C39H45F5N8O5. The Morgan fingerprint density at radius 2 is 1.74 bits per heavy atom. The van der Waals surface area contributed by atoms with E-state index in [1.165, 1.54) is 15.4 Å². The van der Waals surface area contributed by atoms with Crippen molar-refractivity contribution in [1.82, 2.24) is 34.1 Å². The molecule has 3 aliphatic rings. The number of hydrogen-bond donors (Lipinski definition) is 2. The van der Waals surface area contributed by atoms with Gasteiger partial charge in [0.25, 0.3) is 12.3 Å². The first-order chi connectivity index (χ1) is 27.3. The van der Waals surface area contributed by atoms with Crippen molar-refractivity contribution in [2.75, 3.05) is 31.6 Å². The van der Waals surface area contributed by atoms with Crippen LogP contribution < -0.4 is 16.3 Å². The number of alkyl halides is 5. The number of carbonyl (C=O) groups is 3. The molecule has 306 valence electrons. The van der Waals surface area contributed by atoms with E-state index in [1.54, 1.807) is 11.6 Å². The summed E-state index contributed by atoms with van der Waals surface area (Å²) in [6.45, 7) is 3.30. The van der Waals surface area contributed by atoms with Crippen LogP contribution in [0.3, 0.4) is 0 Å². The highest BCUT2D eigenvalue weighted by molar-refractivity contribution is 6.03. The Labute approximate surface area is 324 Å². The smallest absolute Gasteiger partial charge is 0.378 e. The number of nitrogens with one attached hydrogen (secondary N) is 2. The van der Waals surface area contributed by atoms with Gasteiger partial charge in [-0.25, -0.2) is 18.6 Å². The van der Waals surface area contributed by atoms with Crippen LogP contribution in [-0.2, 0) is 34.0 Å². The highest BCUT2D eigenvalue weighted by atomic mass is 19.4. The van der Waals surface area contributed by atoms with Crippen LogP contribution in [0.1, 0.15) is 104 Å². The number of ether oxygens (including phenoxy) is 1. The number of nitrogens with zero attached hydrogens (tertiary/aromatic N) is 6. The molecule has 57 heavy (non-hydrogen) atoms. The molecule has 13 nitrogen and oxygen atoms in total. The summed E-state index contributed by atoms with van der Waals surface area (Å²) in [7, 11) is 1.70. The number of rotatable bonds is 12. The second kappa shape index (κ2) is 16.9. The maximum absolute atomic E-state index is 13.9. The molecule has 1 aliphatic carbocycles. The number of fused-ring (bicyclic) bond motifs is 1. The zero-order chi connectivity index (χ0) is 40.4. The highest BCUT2D eigenvalue weighted by Crippen LogP contribution is 2.36. The summed E-state index contributed by atoms with van der Waals surface area (Å²) in [5.41, 5.74) is -0.554. The Hall–Kier alpha value is -4.97. The molecule has 0 bridgehead atoms. The van der Waals surface area contributed by atoms with Gasteiger partial charge in [-0.3, -0.25) is 33.5 Å². The number of likely N-dealkylation sites (tertiary alicyclic amines) is 1. The summed E-state index contributed by atoms with van der Waals surface area (Å²) >= 11 is 0. The number of halogens is 5. The SMILES string of the molecule is Cn1c(=O)n(C2CCC(=O)NC2=O)c2cccc(CCCOC3CCN(C[C@H]4CC[C@H](n5cc(NC(=O)c6cccc(C(F)(F)F)n6)c(C(F)F)n5)CC4)CC3)c21. The zero-order valence-corrected chi connectivity index (χ0v) is 31.4. The number of pyridine rings is 1. The number of imide groups is 1. The normalized spacial score (nSPS) is 21.4. The summed E-state index contributed by atoms with van der Waals surface area (Å²) in [5, 5.41) is 8.69. The van der Waals surface area contributed by atoms with Crippen molar-refractivity contribution in [3.05, 3.63) is 75.7 Å². The average molecular weight is 801 g/mol. The average Bonchev–Trinajstić information content (AvgIpc) is 3.72. The van der Waals surface area contributed by atoms with E-state index in [1.807, 2.05) is 18.2 Å². The van der Waals surface area contributed by atoms with E-state index < -0.39 is 47.5 Å². The minimum atomic E-state index is -4.76. The molecule has 1 atom stereocenters. The highest BCUT2D eigenvalue weighted by Gasteiger charge is 2.34. The fourth-order valence-corrected chi connectivity index (χ4v) is 8.43. The van der Waals surface area contributed by atoms with Gasteiger partial charge in [0, 0.05) is 45.9 Å².